The molecule has 2 heterocycles. The van der Waals surface area contributed by atoms with Gasteiger partial charge in [0.05, 0.1) is 11.0 Å². The van der Waals surface area contributed by atoms with Crippen LogP contribution in [-0.4, -0.2) is 4.57 Å². The lowest BCUT2D eigenvalue weighted by Crippen LogP contribution is -2.09. The van der Waals surface area contributed by atoms with Crippen LogP contribution in [0.25, 0.3) is 81.0 Å². The molecular weight excluding hydrogens is 709 g/mol. The molecule has 3 heteroatoms. The predicted octanol–water partition coefficient (Wildman–Crippen LogP) is 15.6. The SMILES string of the molecule is c1ccc(-c2ccc(N(c3ccc(-c4ccc5c(c4)sc4ccccc45)cc3)c3ccc(-c4ccc5c(c4)c4ccccc4n5-c4ccccc4)cc3)cc2)cc1. The van der Waals surface area contributed by atoms with Crippen molar-refractivity contribution in [1.82, 2.24) is 4.57 Å². The minimum absolute atomic E-state index is 1.10. The maximum Gasteiger partial charge on any atom is 0.0541 e. The fourth-order valence-corrected chi connectivity index (χ4v) is 9.55. The van der Waals surface area contributed by atoms with Crippen molar-refractivity contribution in [3.63, 3.8) is 0 Å². The summed E-state index contributed by atoms with van der Waals surface area (Å²) in [6.07, 6.45) is 0. The summed E-state index contributed by atoms with van der Waals surface area (Å²) >= 11 is 1.86. The number of hydrogen-bond acceptors (Lipinski definition) is 2. The van der Waals surface area contributed by atoms with Gasteiger partial charge in [0.25, 0.3) is 0 Å². The number of thiophene rings is 1. The second kappa shape index (κ2) is 13.8. The molecule has 0 bridgehead atoms. The van der Waals surface area contributed by atoms with Crippen LogP contribution in [0.4, 0.5) is 17.1 Å². The molecule has 0 saturated carbocycles. The molecule has 0 aliphatic carbocycles. The number of para-hydroxylation sites is 2. The van der Waals surface area contributed by atoms with Crippen molar-refractivity contribution in [3.8, 4) is 39.1 Å². The third kappa shape index (κ3) is 5.88. The number of fused-ring (bicyclic) bond motifs is 6. The average molecular weight is 745 g/mol. The fraction of sp³-hybridized carbons (Fsp3) is 0. The Balaban J connectivity index is 0.965. The van der Waals surface area contributed by atoms with Crippen molar-refractivity contribution < 1.29 is 0 Å². The summed E-state index contributed by atoms with van der Waals surface area (Å²) in [5.74, 6) is 0. The summed E-state index contributed by atoms with van der Waals surface area (Å²) in [6.45, 7) is 0. The zero-order valence-corrected chi connectivity index (χ0v) is 31.9. The van der Waals surface area contributed by atoms with Gasteiger partial charge < -0.3 is 9.47 Å². The molecule has 0 N–H and O–H groups in total. The summed E-state index contributed by atoms with van der Waals surface area (Å²) in [5.41, 5.74) is 14.1. The van der Waals surface area contributed by atoms with Crippen LogP contribution in [0.2, 0.25) is 0 Å². The summed E-state index contributed by atoms with van der Waals surface area (Å²) in [6, 6.07) is 79.3. The largest absolute Gasteiger partial charge is 0.311 e. The van der Waals surface area contributed by atoms with Gasteiger partial charge in [0.2, 0.25) is 0 Å². The molecule has 0 spiro atoms. The van der Waals surface area contributed by atoms with E-state index in [0.29, 0.717) is 0 Å². The van der Waals surface area contributed by atoms with Crippen LogP contribution >= 0.6 is 11.3 Å². The Labute approximate surface area is 335 Å². The smallest absolute Gasteiger partial charge is 0.0541 e. The van der Waals surface area contributed by atoms with Gasteiger partial charge >= 0.3 is 0 Å². The summed E-state index contributed by atoms with van der Waals surface area (Å²) in [5, 5.41) is 5.16. The standard InChI is InChI=1S/C54H36N2S/c1-3-11-37(12-4-1)38-19-27-44(28-20-38)55(46-31-23-40(24-32-46)42-25-33-49-48-16-8-10-18-53(48)57-54(49)36-42)45-29-21-39(22-30-45)41-26-34-52-50(35-41)47-15-7-9-17-51(47)56(52)43-13-5-2-6-14-43/h1-36H. The van der Waals surface area contributed by atoms with E-state index in [-0.39, 0.29) is 0 Å². The van der Waals surface area contributed by atoms with Gasteiger partial charge in [0.1, 0.15) is 0 Å². The van der Waals surface area contributed by atoms with Crippen LogP contribution in [0.3, 0.4) is 0 Å². The molecule has 0 atom stereocenters. The maximum absolute atomic E-state index is 2.37. The average Bonchev–Trinajstić information content (AvgIpc) is 3.83. The van der Waals surface area contributed by atoms with Crippen LogP contribution in [-0.2, 0) is 0 Å². The van der Waals surface area contributed by atoms with E-state index in [1.165, 1.54) is 81.0 Å². The van der Waals surface area contributed by atoms with Crippen molar-refractivity contribution in [2.24, 2.45) is 0 Å². The van der Waals surface area contributed by atoms with Crippen LogP contribution in [0.15, 0.2) is 218 Å². The highest BCUT2D eigenvalue weighted by molar-refractivity contribution is 7.25. The van der Waals surface area contributed by atoms with Crippen molar-refractivity contribution >= 4 is 70.4 Å². The van der Waals surface area contributed by atoms with Gasteiger partial charge in [-0.1, -0.05) is 140 Å². The van der Waals surface area contributed by atoms with Gasteiger partial charge in [0.15, 0.2) is 0 Å². The number of aromatic nitrogens is 1. The van der Waals surface area contributed by atoms with Crippen LogP contribution in [0, 0.1) is 0 Å². The molecule has 0 aliphatic heterocycles. The van der Waals surface area contributed by atoms with Gasteiger partial charge in [-0.15, -0.1) is 11.3 Å². The Kier molecular flexibility index (Phi) is 8.04. The molecule has 268 valence electrons. The highest BCUT2D eigenvalue weighted by Gasteiger charge is 2.16. The first-order valence-electron chi connectivity index (χ1n) is 19.4. The molecule has 0 radical (unpaired) electrons. The summed E-state index contributed by atoms with van der Waals surface area (Å²) in [7, 11) is 0. The Morgan fingerprint density at radius 1 is 0.298 bits per heavy atom. The highest BCUT2D eigenvalue weighted by Crippen LogP contribution is 2.41. The Morgan fingerprint density at radius 3 is 1.42 bits per heavy atom. The lowest BCUT2D eigenvalue weighted by Gasteiger charge is -2.26. The van der Waals surface area contributed by atoms with E-state index in [4.69, 9.17) is 0 Å². The van der Waals surface area contributed by atoms with E-state index in [1.807, 2.05) is 11.3 Å². The lowest BCUT2D eigenvalue weighted by molar-refractivity contribution is 1.18. The van der Waals surface area contributed by atoms with Crippen molar-refractivity contribution in [3.05, 3.63) is 218 Å². The highest BCUT2D eigenvalue weighted by atomic mass is 32.1. The molecule has 0 amide bonds. The number of hydrogen-bond donors (Lipinski definition) is 0. The molecule has 0 aliphatic rings. The van der Waals surface area contributed by atoms with E-state index in [1.54, 1.807) is 0 Å². The normalized spacial score (nSPS) is 11.5. The molecule has 9 aromatic carbocycles. The molecule has 11 aromatic rings. The number of nitrogens with zero attached hydrogens (tertiary/aromatic N) is 2. The molecular formula is C54H36N2S. The van der Waals surface area contributed by atoms with Crippen molar-refractivity contribution in [2.75, 3.05) is 4.90 Å². The predicted molar refractivity (Wildman–Crippen MR) is 245 cm³/mol. The van der Waals surface area contributed by atoms with Crippen LogP contribution in [0.5, 0.6) is 0 Å². The van der Waals surface area contributed by atoms with Crippen LogP contribution in [0.1, 0.15) is 0 Å². The molecule has 0 fully saturated rings. The summed E-state index contributed by atoms with van der Waals surface area (Å²) in [4.78, 5) is 2.36. The fourth-order valence-electron chi connectivity index (χ4n) is 8.40. The minimum Gasteiger partial charge on any atom is -0.311 e. The second-order valence-corrected chi connectivity index (χ2v) is 15.7. The van der Waals surface area contributed by atoms with E-state index < -0.39 is 0 Å². The third-order valence-corrected chi connectivity index (χ3v) is 12.3. The Morgan fingerprint density at radius 2 is 0.754 bits per heavy atom. The van der Waals surface area contributed by atoms with Gasteiger partial charge in [0, 0.05) is 53.7 Å². The molecule has 2 nitrogen and oxygen atoms in total. The van der Waals surface area contributed by atoms with Gasteiger partial charge in [-0.25, -0.2) is 0 Å². The van der Waals surface area contributed by atoms with Gasteiger partial charge in [-0.2, -0.15) is 0 Å². The zero-order chi connectivity index (χ0) is 37.7. The van der Waals surface area contributed by atoms with E-state index >= 15 is 0 Å². The van der Waals surface area contributed by atoms with E-state index in [2.05, 4.69) is 228 Å². The number of anilines is 3. The third-order valence-electron chi connectivity index (χ3n) is 11.2. The second-order valence-electron chi connectivity index (χ2n) is 14.6. The quantitative estimate of drug-likeness (QED) is 0.158. The number of benzene rings is 9. The minimum atomic E-state index is 1.10. The zero-order valence-electron chi connectivity index (χ0n) is 31.1. The van der Waals surface area contributed by atoms with Gasteiger partial charge in [-0.05, 0) is 112 Å². The maximum atomic E-state index is 2.37. The molecule has 57 heavy (non-hydrogen) atoms. The van der Waals surface area contributed by atoms with Crippen LogP contribution < -0.4 is 4.90 Å². The Bertz CT molecular complexity index is 3200. The van der Waals surface area contributed by atoms with Gasteiger partial charge in [-0.3, -0.25) is 0 Å². The van der Waals surface area contributed by atoms with Crippen molar-refractivity contribution in [1.29, 1.82) is 0 Å². The Hall–Kier alpha value is -7.20. The lowest BCUT2D eigenvalue weighted by atomic mass is 10.0. The first-order valence-corrected chi connectivity index (χ1v) is 20.2. The molecule has 2 aromatic heterocycles. The van der Waals surface area contributed by atoms with E-state index in [0.717, 1.165) is 17.1 Å². The first kappa shape index (κ1) is 33.2. The molecule has 0 unspecified atom stereocenters. The number of rotatable bonds is 7. The first-order chi connectivity index (χ1) is 28.2. The molecule has 0 saturated heterocycles. The topological polar surface area (TPSA) is 8.17 Å². The summed E-state index contributed by atoms with van der Waals surface area (Å²) < 4.78 is 5.02. The monoisotopic (exact) mass is 744 g/mol. The molecule has 11 rings (SSSR count). The van der Waals surface area contributed by atoms with E-state index in [9.17, 15) is 0 Å². The van der Waals surface area contributed by atoms with Crippen molar-refractivity contribution in [2.45, 2.75) is 0 Å².